The number of fused-ring (bicyclic) bond motifs is 1. The minimum Gasteiger partial charge on any atom is -0.421 e. The quantitative estimate of drug-likeness (QED) is 0.626. The van der Waals surface area contributed by atoms with E-state index < -0.39 is 0 Å². The van der Waals surface area contributed by atoms with Crippen LogP contribution in [0.25, 0.3) is 22.2 Å². The molecule has 1 aromatic heterocycles. The van der Waals surface area contributed by atoms with Crippen molar-refractivity contribution < 1.29 is 9.21 Å². The third kappa shape index (κ3) is 3.66. The van der Waals surface area contributed by atoms with E-state index in [9.17, 15) is 10.1 Å². The molecule has 8 heteroatoms. The highest BCUT2D eigenvalue weighted by Gasteiger charge is 2.36. The van der Waals surface area contributed by atoms with Crippen LogP contribution in [0.5, 0.6) is 0 Å². The van der Waals surface area contributed by atoms with E-state index in [0.717, 1.165) is 41.8 Å². The van der Waals surface area contributed by atoms with Gasteiger partial charge in [-0.1, -0.05) is 30.3 Å². The van der Waals surface area contributed by atoms with E-state index in [1.165, 1.54) is 6.92 Å². The lowest BCUT2D eigenvalue weighted by atomic mass is 9.93. The molecule has 0 radical (unpaired) electrons. The van der Waals surface area contributed by atoms with Gasteiger partial charge in [-0.25, -0.2) is 0 Å². The van der Waals surface area contributed by atoms with Gasteiger partial charge < -0.3 is 19.5 Å². The van der Waals surface area contributed by atoms with E-state index in [-0.39, 0.29) is 18.1 Å². The summed E-state index contributed by atoms with van der Waals surface area (Å²) in [4.78, 5) is 22.8. The molecular formula is C26H30N6O2. The molecule has 2 aromatic carbocycles. The topological polar surface area (TPSA) is 88.6 Å². The van der Waals surface area contributed by atoms with Crippen molar-refractivity contribution in [1.29, 1.82) is 5.26 Å². The van der Waals surface area contributed by atoms with E-state index in [1.807, 2.05) is 30.0 Å². The number of anilines is 2. The zero-order valence-electron chi connectivity index (χ0n) is 20.1. The van der Waals surface area contributed by atoms with Crippen LogP contribution in [-0.4, -0.2) is 61.7 Å². The van der Waals surface area contributed by atoms with Crippen LogP contribution in [0.1, 0.15) is 30.9 Å². The zero-order valence-corrected chi connectivity index (χ0v) is 20.1. The molecule has 0 saturated carbocycles. The molecule has 2 saturated heterocycles. The van der Waals surface area contributed by atoms with Gasteiger partial charge in [-0.3, -0.25) is 9.69 Å². The Morgan fingerprint density at radius 1 is 1.26 bits per heavy atom. The number of nitriles is 1. The maximum Gasteiger partial charge on any atom is 0.298 e. The van der Waals surface area contributed by atoms with Crippen molar-refractivity contribution in [2.24, 2.45) is 0 Å². The number of oxazole rings is 1. The molecule has 2 aliphatic rings. The predicted octanol–water partition coefficient (Wildman–Crippen LogP) is 3.49. The number of amides is 1. The van der Waals surface area contributed by atoms with Crippen LogP contribution in [0.15, 0.2) is 34.7 Å². The molecule has 34 heavy (non-hydrogen) atoms. The number of nitrogens with zero attached hydrogens (tertiary/aromatic N) is 5. The molecule has 2 fully saturated rings. The summed E-state index contributed by atoms with van der Waals surface area (Å²) in [5.74, 6) is -0.0387. The lowest BCUT2D eigenvalue weighted by Gasteiger charge is -2.38. The number of nitrogens with one attached hydrogen (secondary N) is 1. The van der Waals surface area contributed by atoms with Crippen LogP contribution < -0.4 is 15.1 Å². The fraction of sp³-hybridized carbons (Fsp3) is 0.423. The van der Waals surface area contributed by atoms with Crippen molar-refractivity contribution in [3.05, 3.63) is 41.5 Å². The number of hydrogen-bond donors (Lipinski definition) is 1. The van der Waals surface area contributed by atoms with Gasteiger partial charge in [0.2, 0.25) is 5.91 Å². The minimum absolute atomic E-state index is 0.0387. The molecule has 0 bridgehead atoms. The number of aromatic nitrogens is 1. The summed E-state index contributed by atoms with van der Waals surface area (Å²) >= 11 is 0. The van der Waals surface area contributed by atoms with E-state index in [2.05, 4.69) is 47.4 Å². The van der Waals surface area contributed by atoms with Crippen molar-refractivity contribution in [2.75, 3.05) is 43.5 Å². The average Bonchev–Trinajstić information content (AvgIpc) is 3.43. The van der Waals surface area contributed by atoms with Gasteiger partial charge in [0, 0.05) is 32.1 Å². The smallest absolute Gasteiger partial charge is 0.298 e. The number of carbonyl (C=O) groups excluding carboxylic acids is 1. The number of benzene rings is 2. The summed E-state index contributed by atoms with van der Waals surface area (Å²) < 4.78 is 6.45. The molecule has 1 amide bonds. The molecular weight excluding hydrogens is 428 g/mol. The monoisotopic (exact) mass is 458 g/mol. The highest BCUT2D eigenvalue weighted by molar-refractivity contribution is 6.03. The second-order valence-corrected chi connectivity index (χ2v) is 9.46. The Morgan fingerprint density at radius 2 is 2.00 bits per heavy atom. The summed E-state index contributed by atoms with van der Waals surface area (Å²) in [6.45, 7) is 5.72. The van der Waals surface area contributed by atoms with Gasteiger partial charge in [-0.15, -0.1) is 0 Å². The van der Waals surface area contributed by atoms with Crippen molar-refractivity contribution >= 4 is 28.7 Å². The lowest BCUT2D eigenvalue weighted by Crippen LogP contribution is -2.59. The summed E-state index contributed by atoms with van der Waals surface area (Å²) in [5, 5.41) is 13.1. The molecule has 2 aliphatic heterocycles. The van der Waals surface area contributed by atoms with Gasteiger partial charge in [-0.2, -0.15) is 10.2 Å². The van der Waals surface area contributed by atoms with Crippen LogP contribution in [0.4, 0.5) is 11.7 Å². The highest BCUT2D eigenvalue weighted by Crippen LogP contribution is 2.46. The first-order valence-electron chi connectivity index (χ1n) is 11.8. The second-order valence-electron chi connectivity index (χ2n) is 9.46. The van der Waals surface area contributed by atoms with Crippen molar-refractivity contribution in [1.82, 2.24) is 15.2 Å². The van der Waals surface area contributed by atoms with Crippen LogP contribution >= 0.6 is 0 Å². The molecule has 1 atom stereocenters. The van der Waals surface area contributed by atoms with E-state index in [4.69, 9.17) is 9.40 Å². The minimum atomic E-state index is -0.0387. The fourth-order valence-electron chi connectivity index (χ4n) is 5.30. The Bertz CT molecular complexity index is 1270. The van der Waals surface area contributed by atoms with Gasteiger partial charge in [-0.05, 0) is 45.0 Å². The molecule has 1 unspecified atom stereocenters. The van der Waals surface area contributed by atoms with Gasteiger partial charge >= 0.3 is 0 Å². The molecule has 1 N–H and O–H groups in total. The first-order chi connectivity index (χ1) is 16.4. The Hall–Kier alpha value is -3.57. The maximum absolute atomic E-state index is 11.4. The van der Waals surface area contributed by atoms with Gasteiger partial charge in [0.05, 0.1) is 23.5 Å². The summed E-state index contributed by atoms with van der Waals surface area (Å²) in [6, 6.07) is 13.2. The fourth-order valence-corrected chi connectivity index (χ4v) is 5.30. The van der Waals surface area contributed by atoms with Gasteiger partial charge in [0.25, 0.3) is 6.01 Å². The third-order valence-corrected chi connectivity index (χ3v) is 6.89. The standard InChI is InChI=1S/C26H30N6O2/c1-16-20(13-27)23-25(34-26(29-23)31-14-19(15-31)28-17(2)33)24(22(16)18-9-6-5-7-10-18)32-12-8-11-21(32)30(3)4/h5-7,9-10,19,21H,8,11-12,14-15H2,1-4H3,(H,28,33). The normalized spacial score (nSPS) is 18.4. The number of carbonyl (C=O) groups is 1. The summed E-state index contributed by atoms with van der Waals surface area (Å²) in [6.07, 6.45) is 2.39. The molecule has 3 heterocycles. The Morgan fingerprint density at radius 3 is 2.65 bits per heavy atom. The first-order valence-corrected chi connectivity index (χ1v) is 11.8. The van der Waals surface area contributed by atoms with Crippen molar-refractivity contribution in [3.63, 3.8) is 0 Å². The van der Waals surface area contributed by atoms with Gasteiger partial charge in [0.15, 0.2) is 5.58 Å². The molecule has 5 rings (SSSR count). The lowest BCUT2D eigenvalue weighted by molar-refractivity contribution is -0.119. The Balaban J connectivity index is 1.70. The summed E-state index contributed by atoms with van der Waals surface area (Å²) in [7, 11) is 4.21. The average molecular weight is 459 g/mol. The zero-order chi connectivity index (χ0) is 24.0. The summed E-state index contributed by atoms with van der Waals surface area (Å²) in [5.41, 5.74) is 5.83. The molecule has 0 aliphatic carbocycles. The SMILES string of the molecule is CC(=O)NC1CN(c2nc3c(C#N)c(C)c(-c4ccccc4)c(N4CCCC4N(C)C)c3o2)C1. The molecule has 176 valence electrons. The Labute approximate surface area is 199 Å². The van der Waals surface area contributed by atoms with Crippen LogP contribution in [-0.2, 0) is 4.79 Å². The van der Waals surface area contributed by atoms with Gasteiger partial charge in [0.1, 0.15) is 11.6 Å². The maximum atomic E-state index is 11.4. The van der Waals surface area contributed by atoms with Crippen LogP contribution in [0.2, 0.25) is 0 Å². The van der Waals surface area contributed by atoms with E-state index >= 15 is 0 Å². The third-order valence-electron chi connectivity index (χ3n) is 6.89. The highest BCUT2D eigenvalue weighted by atomic mass is 16.4. The van der Waals surface area contributed by atoms with Crippen LogP contribution in [0.3, 0.4) is 0 Å². The van der Waals surface area contributed by atoms with Crippen LogP contribution in [0, 0.1) is 18.3 Å². The van der Waals surface area contributed by atoms with E-state index in [1.54, 1.807) is 0 Å². The molecule has 8 nitrogen and oxygen atoms in total. The second kappa shape index (κ2) is 8.65. The van der Waals surface area contributed by atoms with Crippen molar-refractivity contribution in [3.8, 4) is 17.2 Å². The van der Waals surface area contributed by atoms with E-state index in [0.29, 0.717) is 35.8 Å². The molecule has 0 spiro atoms. The largest absolute Gasteiger partial charge is 0.421 e. The number of rotatable bonds is 5. The Kier molecular flexibility index (Phi) is 5.66. The number of hydrogen-bond acceptors (Lipinski definition) is 7. The predicted molar refractivity (Wildman–Crippen MR) is 133 cm³/mol. The first kappa shape index (κ1) is 22.2. The van der Waals surface area contributed by atoms with Crippen molar-refractivity contribution in [2.45, 2.75) is 38.9 Å². The molecule has 3 aromatic rings.